The van der Waals surface area contributed by atoms with E-state index >= 15 is 0 Å². The molecule has 4 nitrogen and oxygen atoms in total. The van der Waals surface area contributed by atoms with Gasteiger partial charge in [-0.2, -0.15) is 0 Å². The van der Waals surface area contributed by atoms with Gasteiger partial charge in [-0.1, -0.05) is 12.1 Å². The Kier molecular flexibility index (Phi) is 3.66. The molecule has 0 fully saturated rings. The first-order chi connectivity index (χ1) is 9.35. The largest absolute Gasteiger partial charge is 0.363 e. The van der Waals surface area contributed by atoms with Gasteiger partial charge in [-0.05, 0) is 51.0 Å². The van der Waals surface area contributed by atoms with Gasteiger partial charge in [0.25, 0.3) is 0 Å². The van der Waals surface area contributed by atoms with Crippen LogP contribution in [0.3, 0.4) is 0 Å². The summed E-state index contributed by atoms with van der Waals surface area (Å²) in [6.45, 7) is 9.55. The Morgan fingerprint density at radius 1 is 1.40 bits per heavy atom. The fourth-order valence-corrected chi connectivity index (χ4v) is 2.93. The molecule has 0 aromatic heterocycles. The molecular weight excluding hydrogens is 252 g/mol. The molecule has 0 aliphatic carbocycles. The van der Waals surface area contributed by atoms with Crippen LogP contribution in [0.5, 0.6) is 0 Å². The lowest BCUT2D eigenvalue weighted by molar-refractivity contribution is -0.400. The minimum absolute atomic E-state index is 0.00990. The Morgan fingerprint density at radius 2 is 2.10 bits per heavy atom. The highest BCUT2D eigenvalue weighted by Crippen LogP contribution is 2.39. The van der Waals surface area contributed by atoms with Gasteiger partial charge in [0, 0.05) is 23.9 Å². The van der Waals surface area contributed by atoms with Crippen molar-refractivity contribution in [3.8, 4) is 0 Å². The number of rotatable bonds is 3. The number of anilines is 1. The second-order valence-corrected chi connectivity index (χ2v) is 5.60. The quantitative estimate of drug-likeness (QED) is 0.618. The molecule has 1 aliphatic heterocycles. The third kappa shape index (κ3) is 2.59. The van der Waals surface area contributed by atoms with E-state index in [1.165, 1.54) is 17.3 Å². The summed E-state index contributed by atoms with van der Waals surface area (Å²) >= 11 is 0. The van der Waals surface area contributed by atoms with Gasteiger partial charge < -0.3 is 4.90 Å². The number of benzene rings is 1. The van der Waals surface area contributed by atoms with Crippen LogP contribution in [0.2, 0.25) is 0 Å². The van der Waals surface area contributed by atoms with E-state index in [1.54, 1.807) is 0 Å². The van der Waals surface area contributed by atoms with Crippen LogP contribution in [0, 0.1) is 10.1 Å². The van der Waals surface area contributed by atoms with E-state index in [2.05, 4.69) is 44.7 Å². The van der Waals surface area contributed by atoms with Crippen molar-refractivity contribution in [1.29, 1.82) is 0 Å². The second kappa shape index (κ2) is 5.12. The molecule has 2 rings (SSSR count). The molecule has 0 saturated heterocycles. The number of hydrogen-bond acceptors (Lipinski definition) is 3. The van der Waals surface area contributed by atoms with Crippen LogP contribution in [0.4, 0.5) is 5.69 Å². The Labute approximate surface area is 119 Å². The molecule has 106 valence electrons. The lowest BCUT2D eigenvalue weighted by atomic mass is 9.88. The molecule has 0 saturated carbocycles. The van der Waals surface area contributed by atoms with Gasteiger partial charge in [-0.15, -0.1) is 0 Å². The summed E-state index contributed by atoms with van der Waals surface area (Å²) < 4.78 is 0. The van der Waals surface area contributed by atoms with E-state index in [9.17, 15) is 10.1 Å². The van der Waals surface area contributed by atoms with Crippen molar-refractivity contribution < 1.29 is 4.92 Å². The van der Waals surface area contributed by atoms with Crippen molar-refractivity contribution in [3.63, 3.8) is 0 Å². The van der Waals surface area contributed by atoms with Crippen molar-refractivity contribution in [2.75, 3.05) is 11.4 Å². The first-order valence-electron chi connectivity index (χ1n) is 6.78. The smallest absolute Gasteiger partial charge is 0.235 e. The Bertz CT molecular complexity index is 600. The van der Waals surface area contributed by atoms with Crippen LogP contribution in [-0.4, -0.2) is 17.0 Å². The molecule has 0 bridgehead atoms. The molecule has 0 atom stereocenters. The number of allylic oxidation sites excluding steroid dienone is 1. The molecule has 0 unspecified atom stereocenters. The standard InChI is InChI=1S/C16H20N2O2/c1-5-17-15-7-6-13(8-9-18(19)20)10-14(15)12(2)11-16(17,3)4/h6-11H,5H2,1-4H3/b9-8+. The monoisotopic (exact) mass is 272 g/mol. The molecule has 1 heterocycles. The average molecular weight is 272 g/mol. The van der Waals surface area contributed by atoms with E-state index in [0.29, 0.717) is 0 Å². The van der Waals surface area contributed by atoms with Gasteiger partial charge in [0.1, 0.15) is 0 Å². The molecule has 0 amide bonds. The average Bonchev–Trinajstić information content (AvgIpc) is 2.36. The maximum absolute atomic E-state index is 10.4. The highest BCUT2D eigenvalue weighted by Gasteiger charge is 2.29. The van der Waals surface area contributed by atoms with E-state index in [1.807, 2.05) is 12.1 Å². The van der Waals surface area contributed by atoms with E-state index in [-0.39, 0.29) is 5.54 Å². The summed E-state index contributed by atoms with van der Waals surface area (Å²) in [6.07, 6.45) is 4.76. The van der Waals surface area contributed by atoms with Gasteiger partial charge in [-0.3, -0.25) is 10.1 Å². The fourth-order valence-electron chi connectivity index (χ4n) is 2.93. The molecule has 20 heavy (non-hydrogen) atoms. The Morgan fingerprint density at radius 3 is 2.70 bits per heavy atom. The summed E-state index contributed by atoms with van der Waals surface area (Å²) in [7, 11) is 0. The number of nitrogens with zero attached hydrogens (tertiary/aromatic N) is 2. The van der Waals surface area contributed by atoms with Gasteiger partial charge in [0.05, 0.1) is 10.5 Å². The zero-order valence-electron chi connectivity index (χ0n) is 12.4. The van der Waals surface area contributed by atoms with Crippen LogP contribution in [0.1, 0.15) is 38.8 Å². The first kappa shape index (κ1) is 14.3. The maximum atomic E-state index is 10.4. The summed E-state index contributed by atoms with van der Waals surface area (Å²) in [5.41, 5.74) is 4.40. The predicted molar refractivity (Wildman–Crippen MR) is 83.2 cm³/mol. The summed E-state index contributed by atoms with van der Waals surface area (Å²) in [5, 5.41) is 10.4. The predicted octanol–water partition coefficient (Wildman–Crippen LogP) is 3.96. The first-order valence-corrected chi connectivity index (χ1v) is 6.78. The second-order valence-electron chi connectivity index (χ2n) is 5.60. The third-order valence-electron chi connectivity index (χ3n) is 3.71. The molecule has 0 radical (unpaired) electrons. The van der Waals surface area contributed by atoms with Crippen molar-refractivity contribution in [3.05, 3.63) is 51.7 Å². The van der Waals surface area contributed by atoms with Crippen molar-refractivity contribution >= 4 is 17.3 Å². The van der Waals surface area contributed by atoms with Gasteiger partial charge in [0.2, 0.25) is 6.20 Å². The maximum Gasteiger partial charge on any atom is 0.235 e. The lowest BCUT2D eigenvalue weighted by Gasteiger charge is -2.42. The molecule has 0 spiro atoms. The Balaban J connectivity index is 2.49. The lowest BCUT2D eigenvalue weighted by Crippen LogP contribution is -2.44. The summed E-state index contributed by atoms with van der Waals surface area (Å²) in [5.74, 6) is 0. The van der Waals surface area contributed by atoms with E-state index in [4.69, 9.17) is 0 Å². The highest BCUT2D eigenvalue weighted by atomic mass is 16.6. The van der Waals surface area contributed by atoms with Crippen LogP contribution in [0.15, 0.2) is 30.5 Å². The van der Waals surface area contributed by atoms with Crippen LogP contribution in [-0.2, 0) is 0 Å². The van der Waals surface area contributed by atoms with Gasteiger partial charge >= 0.3 is 0 Å². The molecule has 0 N–H and O–H groups in total. The minimum atomic E-state index is -0.441. The van der Waals surface area contributed by atoms with Crippen molar-refractivity contribution in [1.82, 2.24) is 0 Å². The van der Waals surface area contributed by atoms with Crippen molar-refractivity contribution in [2.24, 2.45) is 0 Å². The highest BCUT2D eigenvalue weighted by molar-refractivity contribution is 5.82. The van der Waals surface area contributed by atoms with E-state index in [0.717, 1.165) is 23.9 Å². The van der Waals surface area contributed by atoms with E-state index < -0.39 is 4.92 Å². The summed E-state index contributed by atoms with van der Waals surface area (Å²) in [6, 6.07) is 5.99. The molecular formula is C16H20N2O2. The molecule has 1 aromatic carbocycles. The molecule has 1 aromatic rings. The Hall–Kier alpha value is -2.10. The third-order valence-corrected chi connectivity index (χ3v) is 3.71. The number of likely N-dealkylation sites (N-methyl/N-ethyl adjacent to an activating group) is 1. The van der Waals surface area contributed by atoms with Gasteiger partial charge in [0.15, 0.2) is 0 Å². The van der Waals surface area contributed by atoms with Gasteiger partial charge in [-0.25, -0.2) is 0 Å². The van der Waals surface area contributed by atoms with Crippen LogP contribution >= 0.6 is 0 Å². The zero-order valence-corrected chi connectivity index (χ0v) is 12.4. The summed E-state index contributed by atoms with van der Waals surface area (Å²) in [4.78, 5) is 12.3. The van der Waals surface area contributed by atoms with Crippen LogP contribution < -0.4 is 4.90 Å². The number of nitro groups is 1. The molecule has 4 heteroatoms. The SMILES string of the molecule is CCN1c2ccc(/C=C/[N+](=O)[O-])cc2C(C)=CC1(C)C. The fraction of sp³-hybridized carbons (Fsp3) is 0.375. The number of fused-ring (bicyclic) bond motifs is 1. The van der Waals surface area contributed by atoms with Crippen molar-refractivity contribution in [2.45, 2.75) is 33.2 Å². The molecule has 1 aliphatic rings. The topological polar surface area (TPSA) is 46.4 Å². The normalized spacial score (nSPS) is 17.0. The zero-order chi connectivity index (χ0) is 14.9. The number of hydrogen-bond donors (Lipinski definition) is 0. The minimum Gasteiger partial charge on any atom is -0.363 e. The van der Waals surface area contributed by atoms with Crippen LogP contribution in [0.25, 0.3) is 11.6 Å².